The second kappa shape index (κ2) is 10.6. The van der Waals surface area contributed by atoms with Crippen LogP contribution < -0.4 is 10.1 Å². The predicted molar refractivity (Wildman–Crippen MR) is 127 cm³/mol. The van der Waals surface area contributed by atoms with Crippen LogP contribution in [0.1, 0.15) is 43.7 Å². The summed E-state index contributed by atoms with van der Waals surface area (Å²) >= 11 is 0. The normalized spacial score (nSPS) is 15.0. The summed E-state index contributed by atoms with van der Waals surface area (Å²) in [5.74, 6) is 2.23. The van der Waals surface area contributed by atoms with Gasteiger partial charge in [0.1, 0.15) is 5.75 Å². The number of nitrogens with one attached hydrogen (secondary N) is 1. The van der Waals surface area contributed by atoms with E-state index in [2.05, 4.69) is 27.3 Å². The average molecular weight is 449 g/mol. The molecule has 7 heteroatoms. The third kappa shape index (κ3) is 6.42. The fraction of sp³-hybridized carbons (Fsp3) is 0.423. The van der Waals surface area contributed by atoms with Crippen molar-refractivity contribution in [1.29, 1.82) is 0 Å². The lowest BCUT2D eigenvalue weighted by Gasteiger charge is -2.30. The van der Waals surface area contributed by atoms with Crippen molar-refractivity contribution in [1.82, 2.24) is 20.4 Å². The molecular weight excluding hydrogens is 416 g/mol. The second-order valence-corrected chi connectivity index (χ2v) is 8.96. The van der Waals surface area contributed by atoms with Gasteiger partial charge in [0.2, 0.25) is 17.6 Å². The van der Waals surface area contributed by atoms with E-state index in [-0.39, 0.29) is 17.9 Å². The lowest BCUT2D eigenvalue weighted by Crippen LogP contribution is -2.40. The Labute approximate surface area is 195 Å². The van der Waals surface area contributed by atoms with Crippen LogP contribution in [0.4, 0.5) is 0 Å². The highest BCUT2D eigenvalue weighted by molar-refractivity contribution is 5.78. The zero-order valence-corrected chi connectivity index (χ0v) is 19.6. The molecule has 0 radical (unpaired) electrons. The minimum atomic E-state index is 0.0376. The maximum atomic E-state index is 12.6. The number of rotatable bonds is 8. The van der Waals surface area contributed by atoms with Crippen molar-refractivity contribution in [3.8, 4) is 17.1 Å². The summed E-state index contributed by atoms with van der Waals surface area (Å²) in [6.45, 7) is 8.87. The molecule has 0 bridgehead atoms. The number of carbonyl (C=O) groups is 1. The molecule has 0 unspecified atom stereocenters. The fourth-order valence-electron chi connectivity index (χ4n) is 3.98. The topological polar surface area (TPSA) is 80.5 Å². The molecule has 1 fully saturated rings. The Hall–Kier alpha value is -3.19. The van der Waals surface area contributed by atoms with Crippen molar-refractivity contribution >= 4 is 5.91 Å². The smallest absolute Gasteiger partial charge is 0.241 e. The summed E-state index contributed by atoms with van der Waals surface area (Å²) in [4.78, 5) is 19.4. The van der Waals surface area contributed by atoms with Crippen LogP contribution in [-0.4, -0.2) is 40.1 Å². The van der Waals surface area contributed by atoms with Gasteiger partial charge in [0.15, 0.2) is 0 Å². The Morgan fingerprint density at radius 2 is 1.82 bits per heavy atom. The van der Waals surface area contributed by atoms with Gasteiger partial charge in [-0.2, -0.15) is 4.98 Å². The molecule has 0 spiro atoms. The summed E-state index contributed by atoms with van der Waals surface area (Å²) < 4.78 is 11.1. The van der Waals surface area contributed by atoms with Gasteiger partial charge < -0.3 is 14.6 Å². The summed E-state index contributed by atoms with van der Waals surface area (Å²) in [7, 11) is 0. The molecule has 1 aliphatic rings. The van der Waals surface area contributed by atoms with Crippen molar-refractivity contribution in [2.24, 2.45) is 5.92 Å². The molecule has 33 heavy (non-hydrogen) atoms. The quantitative estimate of drug-likeness (QED) is 0.552. The number of piperidine rings is 1. The van der Waals surface area contributed by atoms with Gasteiger partial charge >= 0.3 is 0 Å². The lowest BCUT2D eigenvalue weighted by atomic mass is 9.96. The average Bonchev–Trinajstić information content (AvgIpc) is 3.27. The Morgan fingerprint density at radius 3 is 2.48 bits per heavy atom. The van der Waals surface area contributed by atoms with Crippen LogP contribution in [0.3, 0.4) is 0 Å². The van der Waals surface area contributed by atoms with Crippen LogP contribution in [0.2, 0.25) is 0 Å². The van der Waals surface area contributed by atoms with Gasteiger partial charge in [-0.3, -0.25) is 9.69 Å². The first kappa shape index (κ1) is 23.0. The number of hydrogen-bond acceptors (Lipinski definition) is 6. The first-order valence-corrected chi connectivity index (χ1v) is 11.6. The molecule has 174 valence electrons. The van der Waals surface area contributed by atoms with Crippen molar-refractivity contribution in [3.63, 3.8) is 0 Å². The van der Waals surface area contributed by atoms with Gasteiger partial charge in [0.05, 0.1) is 12.6 Å². The van der Waals surface area contributed by atoms with E-state index in [9.17, 15) is 4.79 Å². The predicted octanol–water partition coefficient (Wildman–Crippen LogP) is 4.36. The maximum Gasteiger partial charge on any atom is 0.241 e. The molecule has 1 aliphatic heterocycles. The van der Waals surface area contributed by atoms with Crippen LogP contribution in [0.15, 0.2) is 53.1 Å². The van der Waals surface area contributed by atoms with Crippen molar-refractivity contribution < 1.29 is 14.1 Å². The van der Waals surface area contributed by atoms with E-state index in [1.165, 1.54) is 5.56 Å². The van der Waals surface area contributed by atoms with E-state index in [4.69, 9.17) is 9.26 Å². The number of aryl methyl sites for hydroxylation is 1. The molecule has 1 N–H and O–H groups in total. The molecule has 2 heterocycles. The van der Waals surface area contributed by atoms with E-state index in [0.717, 1.165) is 42.8 Å². The monoisotopic (exact) mass is 448 g/mol. The SMILES string of the molecule is Cc1ccc(-c2noc(CN3CCC(C(=O)NCc4ccc(OC(C)C)cc4)CC3)n2)cc1. The van der Waals surface area contributed by atoms with E-state index >= 15 is 0 Å². The number of aromatic nitrogens is 2. The molecule has 7 nitrogen and oxygen atoms in total. The zero-order valence-electron chi connectivity index (χ0n) is 19.6. The highest BCUT2D eigenvalue weighted by Gasteiger charge is 2.26. The first-order valence-electron chi connectivity index (χ1n) is 11.6. The third-order valence-corrected chi connectivity index (χ3v) is 5.86. The van der Waals surface area contributed by atoms with Gasteiger partial charge in [-0.05, 0) is 64.4 Å². The lowest BCUT2D eigenvalue weighted by molar-refractivity contribution is -0.126. The highest BCUT2D eigenvalue weighted by Crippen LogP contribution is 2.21. The van der Waals surface area contributed by atoms with Gasteiger partial charge in [0, 0.05) is 18.0 Å². The van der Waals surface area contributed by atoms with Crippen molar-refractivity contribution in [3.05, 3.63) is 65.5 Å². The maximum absolute atomic E-state index is 12.6. The summed E-state index contributed by atoms with van der Waals surface area (Å²) in [5, 5.41) is 7.19. The number of ether oxygens (including phenoxy) is 1. The van der Waals surface area contributed by atoms with Crippen LogP contribution in [-0.2, 0) is 17.9 Å². The van der Waals surface area contributed by atoms with Crippen LogP contribution in [0, 0.1) is 12.8 Å². The van der Waals surface area contributed by atoms with E-state index in [0.29, 0.717) is 24.8 Å². The molecule has 1 saturated heterocycles. The molecular formula is C26H32N4O3. The summed E-state index contributed by atoms with van der Waals surface area (Å²) in [6.07, 6.45) is 1.80. The molecule has 0 saturated carbocycles. The zero-order chi connectivity index (χ0) is 23.2. The first-order chi connectivity index (χ1) is 16.0. The minimum absolute atomic E-state index is 0.0376. The van der Waals surface area contributed by atoms with E-state index in [1.807, 2.05) is 62.4 Å². The standard InChI is InChI=1S/C26H32N4O3/c1-18(2)32-23-10-6-20(7-11-23)16-27-26(31)22-12-14-30(15-13-22)17-24-28-25(29-33-24)21-8-4-19(3)5-9-21/h4-11,18,22H,12-17H2,1-3H3,(H,27,31). The molecule has 1 amide bonds. The molecule has 0 atom stereocenters. The number of benzene rings is 2. The van der Waals surface area contributed by atoms with Crippen LogP contribution in [0.5, 0.6) is 5.75 Å². The third-order valence-electron chi connectivity index (χ3n) is 5.86. The Bertz CT molecular complexity index is 1040. The number of nitrogens with zero attached hydrogens (tertiary/aromatic N) is 3. The molecule has 2 aromatic carbocycles. The fourth-order valence-corrected chi connectivity index (χ4v) is 3.98. The Morgan fingerprint density at radius 1 is 1.12 bits per heavy atom. The highest BCUT2D eigenvalue weighted by atomic mass is 16.5. The number of hydrogen-bond donors (Lipinski definition) is 1. The summed E-state index contributed by atoms with van der Waals surface area (Å²) in [6, 6.07) is 16.0. The molecule has 3 aromatic rings. The van der Waals surface area contributed by atoms with Gasteiger partial charge in [0.25, 0.3) is 0 Å². The van der Waals surface area contributed by atoms with E-state index in [1.54, 1.807) is 0 Å². The molecule has 1 aromatic heterocycles. The van der Waals surface area contributed by atoms with E-state index < -0.39 is 0 Å². The number of likely N-dealkylation sites (tertiary alicyclic amines) is 1. The Kier molecular flexibility index (Phi) is 7.40. The van der Waals surface area contributed by atoms with Crippen molar-refractivity contribution in [2.45, 2.75) is 52.8 Å². The van der Waals surface area contributed by atoms with Crippen LogP contribution >= 0.6 is 0 Å². The van der Waals surface area contributed by atoms with Gasteiger partial charge in [-0.25, -0.2) is 0 Å². The molecule has 0 aliphatic carbocycles. The summed E-state index contributed by atoms with van der Waals surface area (Å²) in [5.41, 5.74) is 3.22. The van der Waals surface area contributed by atoms with Gasteiger partial charge in [-0.1, -0.05) is 47.1 Å². The number of amides is 1. The molecule has 4 rings (SSSR count). The van der Waals surface area contributed by atoms with Crippen LogP contribution in [0.25, 0.3) is 11.4 Å². The number of carbonyl (C=O) groups excluding carboxylic acids is 1. The van der Waals surface area contributed by atoms with Gasteiger partial charge in [-0.15, -0.1) is 0 Å². The van der Waals surface area contributed by atoms with Crippen molar-refractivity contribution in [2.75, 3.05) is 13.1 Å². The Balaban J connectivity index is 1.21. The second-order valence-electron chi connectivity index (χ2n) is 8.96. The largest absolute Gasteiger partial charge is 0.491 e. The minimum Gasteiger partial charge on any atom is -0.491 e.